The first-order chi connectivity index (χ1) is 9.08. The first kappa shape index (κ1) is 13.7. The lowest BCUT2D eigenvalue weighted by Crippen LogP contribution is -2.47. The van der Waals surface area contributed by atoms with Crippen LogP contribution in [-0.4, -0.2) is 43.2 Å². The molecular formula is C13H16F2N2O2. The summed E-state index contributed by atoms with van der Waals surface area (Å²) >= 11 is 0. The predicted octanol–water partition coefficient (Wildman–Crippen LogP) is 1.62. The van der Waals surface area contributed by atoms with E-state index >= 15 is 0 Å². The lowest BCUT2D eigenvalue weighted by atomic mass is 10.2. The van der Waals surface area contributed by atoms with Crippen LogP contribution in [0.4, 0.5) is 14.5 Å². The van der Waals surface area contributed by atoms with E-state index in [9.17, 15) is 13.6 Å². The molecule has 1 atom stereocenters. The van der Waals surface area contributed by atoms with Crippen LogP contribution in [0.25, 0.3) is 0 Å². The number of carbonyl (C=O) groups excluding carboxylic acids is 1. The van der Waals surface area contributed by atoms with E-state index in [-0.39, 0.29) is 5.91 Å². The fourth-order valence-corrected chi connectivity index (χ4v) is 1.96. The summed E-state index contributed by atoms with van der Waals surface area (Å²) in [4.78, 5) is 13.8. The van der Waals surface area contributed by atoms with Crippen molar-refractivity contribution in [1.82, 2.24) is 4.90 Å². The summed E-state index contributed by atoms with van der Waals surface area (Å²) in [6.45, 7) is 3.87. The number of benzene rings is 1. The number of ether oxygens (including phenoxy) is 1. The minimum absolute atomic E-state index is 0.0759. The molecule has 19 heavy (non-hydrogen) atoms. The summed E-state index contributed by atoms with van der Waals surface area (Å²) in [5.41, 5.74) is 0.382. The van der Waals surface area contributed by atoms with Crippen LogP contribution >= 0.6 is 0 Å². The van der Waals surface area contributed by atoms with Gasteiger partial charge in [-0.2, -0.15) is 0 Å². The van der Waals surface area contributed by atoms with Gasteiger partial charge in [0.25, 0.3) is 0 Å². The molecule has 1 aliphatic heterocycles. The number of nitrogens with one attached hydrogen (secondary N) is 1. The highest BCUT2D eigenvalue weighted by molar-refractivity contribution is 5.84. The highest BCUT2D eigenvalue weighted by Crippen LogP contribution is 2.14. The molecule has 0 aliphatic carbocycles. The quantitative estimate of drug-likeness (QED) is 0.907. The molecule has 1 unspecified atom stereocenters. The second kappa shape index (κ2) is 5.97. The van der Waals surface area contributed by atoms with Crippen molar-refractivity contribution in [3.63, 3.8) is 0 Å². The number of hydrogen-bond acceptors (Lipinski definition) is 3. The van der Waals surface area contributed by atoms with Crippen molar-refractivity contribution in [2.24, 2.45) is 0 Å². The number of carbonyl (C=O) groups is 1. The van der Waals surface area contributed by atoms with E-state index in [0.717, 1.165) is 12.1 Å². The number of anilines is 1. The summed E-state index contributed by atoms with van der Waals surface area (Å²) in [6, 6.07) is 2.98. The Balaban J connectivity index is 1.97. The third-order valence-corrected chi connectivity index (χ3v) is 3.00. The maximum atomic E-state index is 13.1. The van der Waals surface area contributed by atoms with Gasteiger partial charge in [-0.3, -0.25) is 4.79 Å². The third kappa shape index (κ3) is 3.41. The summed E-state index contributed by atoms with van der Waals surface area (Å²) in [6.07, 6.45) is 0. The molecule has 1 N–H and O–H groups in total. The van der Waals surface area contributed by atoms with Crippen molar-refractivity contribution in [2.75, 3.05) is 31.6 Å². The second-order valence-electron chi connectivity index (χ2n) is 4.43. The molecule has 6 heteroatoms. The zero-order valence-electron chi connectivity index (χ0n) is 10.7. The largest absolute Gasteiger partial charge is 0.378 e. The van der Waals surface area contributed by atoms with Gasteiger partial charge in [-0.05, 0) is 19.1 Å². The van der Waals surface area contributed by atoms with Gasteiger partial charge in [0.15, 0.2) is 11.6 Å². The number of hydrogen-bond donors (Lipinski definition) is 1. The van der Waals surface area contributed by atoms with E-state index in [0.29, 0.717) is 32.0 Å². The van der Waals surface area contributed by atoms with Gasteiger partial charge in [0.05, 0.1) is 13.2 Å². The number of nitrogens with zero attached hydrogens (tertiary/aromatic N) is 1. The first-order valence-corrected chi connectivity index (χ1v) is 6.16. The molecule has 2 rings (SSSR count). The highest BCUT2D eigenvalue weighted by Gasteiger charge is 2.22. The van der Waals surface area contributed by atoms with Crippen molar-refractivity contribution in [3.8, 4) is 0 Å². The second-order valence-corrected chi connectivity index (χ2v) is 4.43. The Bertz CT molecular complexity index is 462. The van der Waals surface area contributed by atoms with Crippen molar-refractivity contribution in [2.45, 2.75) is 13.0 Å². The average Bonchev–Trinajstić information content (AvgIpc) is 2.43. The standard InChI is InChI=1S/C13H16F2N2O2/c1-9(13(18)17-4-6-19-7-5-17)16-10-2-3-11(14)12(15)8-10/h2-3,8-9,16H,4-7H2,1H3. The molecule has 104 valence electrons. The van der Waals surface area contributed by atoms with E-state index in [1.807, 2.05) is 0 Å². The number of amides is 1. The predicted molar refractivity (Wildman–Crippen MR) is 66.8 cm³/mol. The molecule has 1 aromatic carbocycles. The Labute approximate surface area is 110 Å². The van der Waals surface area contributed by atoms with Crippen molar-refractivity contribution in [3.05, 3.63) is 29.8 Å². The van der Waals surface area contributed by atoms with Gasteiger partial charge in [0.1, 0.15) is 6.04 Å². The van der Waals surface area contributed by atoms with E-state index in [1.54, 1.807) is 11.8 Å². The van der Waals surface area contributed by atoms with Gasteiger partial charge in [-0.1, -0.05) is 0 Å². The minimum Gasteiger partial charge on any atom is -0.378 e. The van der Waals surface area contributed by atoms with E-state index < -0.39 is 17.7 Å². The molecule has 4 nitrogen and oxygen atoms in total. The molecule has 0 radical (unpaired) electrons. The molecule has 0 bridgehead atoms. The Morgan fingerprint density at radius 3 is 2.63 bits per heavy atom. The minimum atomic E-state index is -0.934. The van der Waals surface area contributed by atoms with Gasteiger partial charge < -0.3 is 15.0 Å². The molecule has 1 amide bonds. The lowest BCUT2D eigenvalue weighted by Gasteiger charge is -2.29. The number of morpholine rings is 1. The lowest BCUT2D eigenvalue weighted by molar-refractivity contribution is -0.135. The smallest absolute Gasteiger partial charge is 0.244 e. The summed E-state index contributed by atoms with van der Waals surface area (Å²) in [5, 5.41) is 2.87. The Morgan fingerprint density at radius 1 is 1.32 bits per heavy atom. The molecule has 1 saturated heterocycles. The summed E-state index contributed by atoms with van der Waals surface area (Å²) < 4.78 is 31.0. The summed E-state index contributed by atoms with van der Waals surface area (Å²) in [7, 11) is 0. The SMILES string of the molecule is CC(Nc1ccc(F)c(F)c1)C(=O)N1CCOCC1. The van der Waals surface area contributed by atoms with Crippen molar-refractivity contribution < 1.29 is 18.3 Å². The van der Waals surface area contributed by atoms with Gasteiger partial charge in [0.2, 0.25) is 5.91 Å². The van der Waals surface area contributed by atoms with Crippen LogP contribution in [0.2, 0.25) is 0 Å². The fourth-order valence-electron chi connectivity index (χ4n) is 1.96. The molecular weight excluding hydrogens is 254 g/mol. The van der Waals surface area contributed by atoms with E-state index in [4.69, 9.17) is 4.74 Å². The Hall–Kier alpha value is -1.69. The zero-order valence-corrected chi connectivity index (χ0v) is 10.7. The molecule has 0 saturated carbocycles. The van der Waals surface area contributed by atoms with E-state index in [1.165, 1.54) is 6.07 Å². The maximum absolute atomic E-state index is 13.1. The molecule has 0 aromatic heterocycles. The monoisotopic (exact) mass is 270 g/mol. The Kier molecular flexibility index (Phi) is 4.31. The average molecular weight is 270 g/mol. The van der Waals surface area contributed by atoms with Crippen molar-refractivity contribution in [1.29, 1.82) is 0 Å². The molecule has 1 heterocycles. The van der Waals surface area contributed by atoms with E-state index in [2.05, 4.69) is 5.32 Å². The van der Waals surface area contributed by atoms with Gasteiger partial charge >= 0.3 is 0 Å². The first-order valence-electron chi connectivity index (χ1n) is 6.16. The molecule has 1 aliphatic rings. The molecule has 1 aromatic rings. The van der Waals surface area contributed by atoms with Crippen LogP contribution in [0.5, 0.6) is 0 Å². The fraction of sp³-hybridized carbons (Fsp3) is 0.462. The third-order valence-electron chi connectivity index (χ3n) is 3.00. The van der Waals surface area contributed by atoms with Gasteiger partial charge in [0, 0.05) is 24.8 Å². The topological polar surface area (TPSA) is 41.6 Å². The number of halogens is 2. The van der Waals surface area contributed by atoms with Crippen LogP contribution < -0.4 is 5.32 Å². The van der Waals surface area contributed by atoms with Crippen LogP contribution in [0, 0.1) is 11.6 Å². The summed E-state index contributed by atoms with van der Waals surface area (Å²) in [5.74, 6) is -1.92. The van der Waals surface area contributed by atoms with Crippen molar-refractivity contribution >= 4 is 11.6 Å². The maximum Gasteiger partial charge on any atom is 0.244 e. The van der Waals surface area contributed by atoms with Crippen LogP contribution in [0.3, 0.4) is 0 Å². The number of rotatable bonds is 3. The van der Waals surface area contributed by atoms with Crippen LogP contribution in [-0.2, 0) is 9.53 Å². The zero-order chi connectivity index (χ0) is 13.8. The molecule has 0 spiro atoms. The van der Waals surface area contributed by atoms with Gasteiger partial charge in [-0.15, -0.1) is 0 Å². The Morgan fingerprint density at radius 2 is 2.00 bits per heavy atom. The normalized spacial score (nSPS) is 17.1. The molecule has 1 fully saturated rings. The highest BCUT2D eigenvalue weighted by atomic mass is 19.2. The van der Waals surface area contributed by atoms with Crippen LogP contribution in [0.15, 0.2) is 18.2 Å². The van der Waals surface area contributed by atoms with Crippen LogP contribution in [0.1, 0.15) is 6.92 Å². The van der Waals surface area contributed by atoms with Gasteiger partial charge in [-0.25, -0.2) is 8.78 Å².